The Labute approximate surface area is 130 Å². The Hall–Kier alpha value is 0.270. The molecule has 0 spiro atoms. The molecule has 2 nitrogen and oxygen atoms in total. The fourth-order valence-corrected chi connectivity index (χ4v) is 5.06. The van der Waals surface area contributed by atoms with Gasteiger partial charge in [0.2, 0.25) is 0 Å². The van der Waals surface area contributed by atoms with Crippen LogP contribution in [-0.4, -0.2) is 47.1 Å². The van der Waals surface area contributed by atoms with Crippen LogP contribution in [0.2, 0.25) is 0 Å². The Morgan fingerprint density at radius 2 is 1.70 bits per heavy atom. The molecule has 2 fully saturated rings. The van der Waals surface area contributed by atoms with Crippen molar-refractivity contribution < 1.29 is 0 Å². The summed E-state index contributed by atoms with van der Waals surface area (Å²) in [6.07, 6.45) is 11.8. The number of fused-ring (bicyclic) bond motifs is 2. The highest BCUT2D eigenvalue weighted by molar-refractivity contribution is 8.00. The zero-order valence-electron chi connectivity index (χ0n) is 14.0. The molecule has 0 aliphatic carbocycles. The van der Waals surface area contributed by atoms with Crippen LogP contribution < -0.4 is 5.32 Å². The normalized spacial score (nSPS) is 30.9. The van der Waals surface area contributed by atoms with E-state index in [2.05, 4.69) is 49.0 Å². The summed E-state index contributed by atoms with van der Waals surface area (Å²) in [5.74, 6) is 0. The maximum Gasteiger partial charge on any atom is 0.0279 e. The van der Waals surface area contributed by atoms with Gasteiger partial charge in [-0.2, -0.15) is 11.8 Å². The summed E-state index contributed by atoms with van der Waals surface area (Å²) in [5, 5.41) is 3.77. The van der Waals surface area contributed by atoms with E-state index in [1.54, 1.807) is 0 Å². The molecule has 2 heterocycles. The Kier molecular flexibility index (Phi) is 6.25. The number of piperidine rings is 1. The summed E-state index contributed by atoms with van der Waals surface area (Å²) in [7, 11) is 0. The van der Waals surface area contributed by atoms with Crippen LogP contribution in [0, 0.1) is 0 Å². The largest absolute Gasteiger partial charge is 0.314 e. The first-order chi connectivity index (χ1) is 9.68. The highest BCUT2D eigenvalue weighted by Gasteiger charge is 2.43. The number of thioether (sulfide) groups is 1. The van der Waals surface area contributed by atoms with Gasteiger partial charge in [-0.3, -0.25) is 4.90 Å². The van der Waals surface area contributed by atoms with Gasteiger partial charge in [-0.1, -0.05) is 20.8 Å². The second-order valence-corrected chi connectivity index (χ2v) is 8.05. The molecule has 118 valence electrons. The van der Waals surface area contributed by atoms with Crippen molar-refractivity contribution in [3.63, 3.8) is 0 Å². The van der Waals surface area contributed by atoms with Crippen molar-refractivity contribution in [2.45, 2.75) is 88.6 Å². The molecule has 2 aliphatic heterocycles. The quantitative estimate of drug-likeness (QED) is 0.731. The van der Waals surface area contributed by atoms with Gasteiger partial charge in [0.1, 0.15) is 0 Å². The first-order valence-corrected chi connectivity index (χ1v) is 9.94. The van der Waals surface area contributed by atoms with Crippen molar-refractivity contribution in [2.75, 3.05) is 19.3 Å². The Bertz CT molecular complexity index is 268. The minimum Gasteiger partial charge on any atom is -0.314 e. The minimum atomic E-state index is 0.491. The monoisotopic (exact) mass is 298 g/mol. The van der Waals surface area contributed by atoms with Crippen LogP contribution in [0.25, 0.3) is 0 Å². The summed E-state index contributed by atoms with van der Waals surface area (Å²) < 4.78 is 0.491. The molecule has 0 amide bonds. The maximum absolute atomic E-state index is 3.77. The van der Waals surface area contributed by atoms with Crippen LogP contribution in [0.3, 0.4) is 0 Å². The lowest BCUT2D eigenvalue weighted by Crippen LogP contribution is -2.53. The molecule has 2 rings (SSSR count). The standard InChI is InChI=1S/C17H34N2S/c1-5-10-18-14-11-15-8-9-16(12-14)19(15)13-17(6-2,7-3)20-4/h14-16,18H,5-13H2,1-4H3. The number of hydrogen-bond donors (Lipinski definition) is 1. The van der Waals surface area contributed by atoms with Crippen molar-refractivity contribution in [1.29, 1.82) is 0 Å². The summed E-state index contributed by atoms with van der Waals surface area (Å²) in [4.78, 5) is 2.88. The molecule has 0 aromatic carbocycles. The van der Waals surface area contributed by atoms with E-state index >= 15 is 0 Å². The lowest BCUT2D eigenvalue weighted by Gasteiger charge is -2.44. The molecule has 2 saturated heterocycles. The zero-order valence-corrected chi connectivity index (χ0v) is 14.8. The van der Waals surface area contributed by atoms with Gasteiger partial charge < -0.3 is 5.32 Å². The van der Waals surface area contributed by atoms with E-state index in [0.717, 1.165) is 18.1 Å². The molecule has 1 N–H and O–H groups in total. The molecule has 2 unspecified atom stereocenters. The van der Waals surface area contributed by atoms with E-state index in [9.17, 15) is 0 Å². The smallest absolute Gasteiger partial charge is 0.0279 e. The molecule has 20 heavy (non-hydrogen) atoms. The van der Waals surface area contributed by atoms with E-state index < -0.39 is 0 Å². The lowest BCUT2D eigenvalue weighted by molar-refractivity contribution is 0.103. The SMILES string of the molecule is CCCNC1CC2CCC(C1)N2CC(CC)(CC)SC. The third kappa shape index (κ3) is 3.53. The van der Waals surface area contributed by atoms with Crippen molar-refractivity contribution in [1.82, 2.24) is 10.2 Å². The molecule has 2 bridgehead atoms. The third-order valence-corrected chi connectivity index (χ3v) is 7.33. The van der Waals surface area contributed by atoms with E-state index in [-0.39, 0.29) is 0 Å². The van der Waals surface area contributed by atoms with Gasteiger partial charge in [-0.05, 0) is 57.7 Å². The van der Waals surface area contributed by atoms with Crippen LogP contribution in [0.4, 0.5) is 0 Å². The van der Waals surface area contributed by atoms with Gasteiger partial charge in [0.05, 0.1) is 0 Å². The van der Waals surface area contributed by atoms with Crippen LogP contribution in [0.5, 0.6) is 0 Å². The summed E-state index contributed by atoms with van der Waals surface area (Å²) in [5.41, 5.74) is 0. The molecular formula is C17H34N2S. The maximum atomic E-state index is 3.77. The molecule has 3 heteroatoms. The van der Waals surface area contributed by atoms with Crippen LogP contribution in [0.15, 0.2) is 0 Å². The highest BCUT2D eigenvalue weighted by Crippen LogP contribution is 2.40. The summed E-state index contributed by atoms with van der Waals surface area (Å²) in [6, 6.07) is 2.50. The van der Waals surface area contributed by atoms with Crippen molar-refractivity contribution in [2.24, 2.45) is 0 Å². The van der Waals surface area contributed by atoms with E-state index in [1.807, 2.05) is 0 Å². The molecule has 0 aromatic rings. The Morgan fingerprint density at radius 1 is 1.10 bits per heavy atom. The van der Waals surface area contributed by atoms with Crippen LogP contribution >= 0.6 is 11.8 Å². The van der Waals surface area contributed by atoms with Crippen molar-refractivity contribution in [3.8, 4) is 0 Å². The van der Waals surface area contributed by atoms with Crippen molar-refractivity contribution in [3.05, 3.63) is 0 Å². The topological polar surface area (TPSA) is 15.3 Å². The predicted molar refractivity (Wildman–Crippen MR) is 91.7 cm³/mol. The molecule has 0 saturated carbocycles. The first kappa shape index (κ1) is 16.6. The number of nitrogens with one attached hydrogen (secondary N) is 1. The second kappa shape index (κ2) is 7.51. The number of rotatable bonds is 8. The average Bonchev–Trinajstić information content (AvgIpc) is 2.72. The zero-order chi connectivity index (χ0) is 14.6. The van der Waals surface area contributed by atoms with Gasteiger partial charge in [-0.15, -0.1) is 0 Å². The van der Waals surface area contributed by atoms with Gasteiger partial charge >= 0.3 is 0 Å². The van der Waals surface area contributed by atoms with Crippen LogP contribution in [-0.2, 0) is 0 Å². The average molecular weight is 299 g/mol. The van der Waals surface area contributed by atoms with E-state index in [0.29, 0.717) is 4.75 Å². The van der Waals surface area contributed by atoms with Crippen LogP contribution in [0.1, 0.15) is 65.7 Å². The van der Waals surface area contributed by atoms with Gasteiger partial charge in [0.15, 0.2) is 0 Å². The van der Waals surface area contributed by atoms with Gasteiger partial charge in [0.25, 0.3) is 0 Å². The van der Waals surface area contributed by atoms with E-state index in [4.69, 9.17) is 0 Å². The fraction of sp³-hybridized carbons (Fsp3) is 1.00. The first-order valence-electron chi connectivity index (χ1n) is 8.72. The lowest BCUT2D eigenvalue weighted by atomic mass is 9.93. The predicted octanol–water partition coefficient (Wildman–Crippen LogP) is 3.90. The number of nitrogens with zero attached hydrogens (tertiary/aromatic N) is 1. The number of hydrogen-bond acceptors (Lipinski definition) is 3. The fourth-order valence-electron chi connectivity index (χ4n) is 4.21. The Morgan fingerprint density at radius 3 is 2.15 bits per heavy atom. The molecular weight excluding hydrogens is 264 g/mol. The van der Waals surface area contributed by atoms with Gasteiger partial charge in [-0.25, -0.2) is 0 Å². The molecule has 2 aliphatic rings. The molecule has 0 radical (unpaired) electrons. The molecule has 0 aromatic heterocycles. The van der Waals surface area contributed by atoms with Crippen molar-refractivity contribution >= 4 is 11.8 Å². The highest BCUT2D eigenvalue weighted by atomic mass is 32.2. The second-order valence-electron chi connectivity index (χ2n) is 6.77. The summed E-state index contributed by atoms with van der Waals surface area (Å²) in [6.45, 7) is 9.53. The third-order valence-electron chi connectivity index (χ3n) is 5.76. The molecule has 2 atom stereocenters. The minimum absolute atomic E-state index is 0.491. The Balaban J connectivity index is 1.95. The summed E-state index contributed by atoms with van der Waals surface area (Å²) >= 11 is 2.10. The van der Waals surface area contributed by atoms with Gasteiger partial charge in [0, 0.05) is 29.4 Å². The van der Waals surface area contributed by atoms with E-state index in [1.165, 1.54) is 58.0 Å².